The Balaban J connectivity index is 1.34. The van der Waals surface area contributed by atoms with E-state index in [9.17, 15) is 4.79 Å². The van der Waals surface area contributed by atoms with Crippen LogP contribution in [-0.2, 0) is 6.54 Å². The van der Waals surface area contributed by atoms with Crippen LogP contribution in [0.1, 0.15) is 41.6 Å². The summed E-state index contributed by atoms with van der Waals surface area (Å²) in [6.45, 7) is 0.383. The third-order valence-corrected chi connectivity index (χ3v) is 6.46. The van der Waals surface area contributed by atoms with E-state index in [1.54, 1.807) is 49.5 Å². The van der Waals surface area contributed by atoms with E-state index in [4.69, 9.17) is 9.47 Å². The zero-order chi connectivity index (χ0) is 21.5. The Kier molecular flexibility index (Phi) is 7.04. The molecule has 0 unspecified atom stereocenters. The highest BCUT2D eigenvalue weighted by molar-refractivity contribution is 7.99. The minimum absolute atomic E-state index is 0.120. The molecule has 0 aliphatic heterocycles. The van der Waals surface area contributed by atoms with Gasteiger partial charge >= 0.3 is 0 Å². The molecule has 31 heavy (non-hydrogen) atoms. The fourth-order valence-corrected chi connectivity index (χ4v) is 4.75. The largest absolute Gasteiger partial charge is 0.497 e. The second kappa shape index (κ2) is 10.3. The summed E-state index contributed by atoms with van der Waals surface area (Å²) in [6.07, 6.45) is 8.36. The molecule has 6 nitrogen and oxygen atoms in total. The normalized spacial score (nSPS) is 13.7. The molecule has 160 valence electrons. The van der Waals surface area contributed by atoms with Gasteiger partial charge in [0, 0.05) is 36.3 Å². The molecule has 7 heteroatoms. The molecule has 0 atom stereocenters. The van der Waals surface area contributed by atoms with E-state index in [1.165, 1.54) is 25.7 Å². The van der Waals surface area contributed by atoms with Crippen molar-refractivity contribution in [3.8, 4) is 17.4 Å². The van der Waals surface area contributed by atoms with Crippen LogP contribution in [0.3, 0.4) is 0 Å². The van der Waals surface area contributed by atoms with Crippen LogP contribution < -0.4 is 14.8 Å². The van der Waals surface area contributed by atoms with Gasteiger partial charge in [0.25, 0.3) is 5.91 Å². The molecule has 2 heterocycles. The molecule has 2 aromatic heterocycles. The van der Waals surface area contributed by atoms with Crippen molar-refractivity contribution in [2.75, 3.05) is 7.11 Å². The van der Waals surface area contributed by atoms with Crippen LogP contribution in [0, 0.1) is 0 Å². The molecule has 1 saturated carbocycles. The monoisotopic (exact) mass is 435 g/mol. The first-order valence-corrected chi connectivity index (χ1v) is 11.3. The van der Waals surface area contributed by atoms with Crippen molar-refractivity contribution in [1.82, 2.24) is 15.3 Å². The zero-order valence-corrected chi connectivity index (χ0v) is 18.2. The van der Waals surface area contributed by atoms with Crippen molar-refractivity contribution in [3.63, 3.8) is 0 Å². The Morgan fingerprint density at radius 1 is 1.10 bits per heavy atom. The molecular formula is C24H25N3O3S. The van der Waals surface area contributed by atoms with Gasteiger partial charge in [0.05, 0.1) is 12.7 Å². The van der Waals surface area contributed by atoms with Crippen molar-refractivity contribution < 1.29 is 14.3 Å². The molecule has 0 saturated heterocycles. The molecule has 1 aliphatic rings. The smallest absolute Gasteiger partial charge is 0.254 e. The topological polar surface area (TPSA) is 73.3 Å². The second-order valence-corrected chi connectivity index (χ2v) is 8.64. The number of hydrogen-bond donors (Lipinski definition) is 1. The number of hydrogen-bond acceptors (Lipinski definition) is 6. The van der Waals surface area contributed by atoms with Crippen molar-refractivity contribution in [3.05, 3.63) is 72.1 Å². The first kappa shape index (κ1) is 21.2. The highest BCUT2D eigenvalue weighted by atomic mass is 32.2. The van der Waals surface area contributed by atoms with Gasteiger partial charge in [-0.3, -0.25) is 4.79 Å². The van der Waals surface area contributed by atoms with Crippen LogP contribution in [0.2, 0.25) is 0 Å². The number of rotatable bonds is 8. The number of ether oxygens (including phenoxy) is 2. The lowest BCUT2D eigenvalue weighted by atomic mass is 10.2. The first-order chi connectivity index (χ1) is 15.2. The number of benzene rings is 1. The van der Waals surface area contributed by atoms with Gasteiger partial charge in [-0.05, 0) is 42.7 Å². The van der Waals surface area contributed by atoms with E-state index in [2.05, 4.69) is 15.3 Å². The molecule has 0 bridgehead atoms. The van der Waals surface area contributed by atoms with Crippen LogP contribution in [0.25, 0.3) is 0 Å². The van der Waals surface area contributed by atoms with Crippen molar-refractivity contribution in [2.24, 2.45) is 0 Å². The maximum absolute atomic E-state index is 12.8. The third kappa shape index (κ3) is 5.76. The fraction of sp³-hybridized carbons (Fsp3) is 0.292. The number of thioether (sulfide) groups is 1. The van der Waals surface area contributed by atoms with E-state index in [1.807, 2.05) is 30.3 Å². The number of carbonyl (C=O) groups is 1. The molecule has 4 rings (SSSR count). The van der Waals surface area contributed by atoms with Gasteiger partial charge in [-0.15, -0.1) is 11.8 Å². The highest BCUT2D eigenvalue weighted by Crippen LogP contribution is 2.35. The summed E-state index contributed by atoms with van der Waals surface area (Å²) in [4.78, 5) is 21.5. The molecule has 0 spiro atoms. The van der Waals surface area contributed by atoms with Crippen LogP contribution in [-0.4, -0.2) is 28.2 Å². The molecule has 1 amide bonds. The van der Waals surface area contributed by atoms with E-state index >= 15 is 0 Å². The third-order valence-electron chi connectivity index (χ3n) is 5.11. The van der Waals surface area contributed by atoms with E-state index in [0.717, 1.165) is 16.3 Å². The van der Waals surface area contributed by atoms with E-state index in [0.29, 0.717) is 29.0 Å². The average molecular weight is 436 g/mol. The first-order valence-electron chi connectivity index (χ1n) is 10.4. The second-order valence-electron chi connectivity index (χ2n) is 7.35. The van der Waals surface area contributed by atoms with Crippen molar-refractivity contribution in [1.29, 1.82) is 0 Å². The average Bonchev–Trinajstić information content (AvgIpc) is 3.32. The van der Waals surface area contributed by atoms with Crippen LogP contribution >= 0.6 is 11.8 Å². The summed E-state index contributed by atoms with van der Waals surface area (Å²) < 4.78 is 11.0. The quantitative estimate of drug-likeness (QED) is 0.521. The minimum atomic E-state index is -0.120. The molecule has 1 aliphatic carbocycles. The zero-order valence-electron chi connectivity index (χ0n) is 17.4. The van der Waals surface area contributed by atoms with Gasteiger partial charge in [0.2, 0.25) is 5.88 Å². The Bertz CT molecular complexity index is 1020. The number of nitrogens with zero attached hydrogens (tertiary/aromatic N) is 2. The van der Waals surface area contributed by atoms with Gasteiger partial charge in [-0.2, -0.15) is 0 Å². The maximum atomic E-state index is 12.8. The van der Waals surface area contributed by atoms with E-state index in [-0.39, 0.29) is 5.91 Å². The van der Waals surface area contributed by atoms with Gasteiger partial charge in [0.1, 0.15) is 16.5 Å². The summed E-state index contributed by atoms with van der Waals surface area (Å²) in [5.74, 6) is 1.73. The summed E-state index contributed by atoms with van der Waals surface area (Å²) in [6, 6.07) is 14.7. The molecule has 3 aromatic rings. The number of methoxy groups -OCH3 is 1. The molecular weight excluding hydrogens is 410 g/mol. The Labute approximate surface area is 186 Å². The SMILES string of the molecule is COc1cccc(Oc2ccc(CNC(=O)c3cccnc3SC3CCCC3)cn2)c1. The number of amides is 1. The minimum Gasteiger partial charge on any atom is -0.497 e. The maximum Gasteiger partial charge on any atom is 0.254 e. The molecule has 0 radical (unpaired) electrons. The van der Waals surface area contributed by atoms with Crippen molar-refractivity contribution >= 4 is 17.7 Å². The fourth-order valence-electron chi connectivity index (χ4n) is 3.46. The Morgan fingerprint density at radius 3 is 2.71 bits per heavy atom. The number of carbonyl (C=O) groups excluding carboxylic acids is 1. The van der Waals surface area contributed by atoms with Gasteiger partial charge in [0.15, 0.2) is 0 Å². The number of nitrogens with one attached hydrogen (secondary N) is 1. The van der Waals surface area contributed by atoms with Gasteiger partial charge in [-0.25, -0.2) is 9.97 Å². The summed E-state index contributed by atoms with van der Waals surface area (Å²) in [5.41, 5.74) is 1.52. The molecule has 1 N–H and O–H groups in total. The highest BCUT2D eigenvalue weighted by Gasteiger charge is 2.20. The van der Waals surface area contributed by atoms with Crippen LogP contribution in [0.5, 0.6) is 17.4 Å². The van der Waals surface area contributed by atoms with Gasteiger partial charge in [-0.1, -0.05) is 25.0 Å². The van der Waals surface area contributed by atoms with E-state index < -0.39 is 0 Å². The standard InChI is InChI=1S/C24H25N3O3S/c1-29-18-6-4-7-19(14-18)30-22-12-11-17(15-26-22)16-27-23(28)21-10-5-13-25-24(21)31-20-8-2-3-9-20/h4-7,10-15,20H,2-3,8-9,16H2,1H3,(H,27,28). The number of aromatic nitrogens is 2. The Morgan fingerprint density at radius 2 is 1.94 bits per heavy atom. The lowest BCUT2D eigenvalue weighted by molar-refractivity contribution is 0.0947. The van der Waals surface area contributed by atoms with Crippen molar-refractivity contribution in [2.45, 2.75) is 42.5 Å². The summed E-state index contributed by atoms with van der Waals surface area (Å²) in [5, 5.41) is 4.35. The summed E-state index contributed by atoms with van der Waals surface area (Å²) in [7, 11) is 1.61. The molecule has 1 aromatic carbocycles. The number of pyridine rings is 2. The Hall–Kier alpha value is -3.06. The predicted molar refractivity (Wildman–Crippen MR) is 121 cm³/mol. The summed E-state index contributed by atoms with van der Waals surface area (Å²) >= 11 is 1.72. The van der Waals surface area contributed by atoms with Crippen LogP contribution in [0.4, 0.5) is 0 Å². The lowest BCUT2D eigenvalue weighted by Crippen LogP contribution is -2.24. The van der Waals surface area contributed by atoms with Crippen LogP contribution in [0.15, 0.2) is 66.0 Å². The predicted octanol–water partition coefficient (Wildman–Crippen LogP) is 5.24. The van der Waals surface area contributed by atoms with Gasteiger partial charge < -0.3 is 14.8 Å². The molecule has 1 fully saturated rings. The lowest BCUT2D eigenvalue weighted by Gasteiger charge is -2.12.